The maximum Gasteiger partial charge on any atom is 0.326 e. The van der Waals surface area contributed by atoms with Gasteiger partial charge < -0.3 is 48.3 Å². The van der Waals surface area contributed by atoms with Crippen LogP contribution in [0.1, 0.15) is 114 Å². The van der Waals surface area contributed by atoms with E-state index in [9.17, 15) is 78.6 Å². The number of nitrogen functional groups attached to an aromatic ring is 2. The third-order valence-corrected chi connectivity index (χ3v) is 12.4. The predicted octanol–water partition coefficient (Wildman–Crippen LogP) is -0.250. The van der Waals surface area contributed by atoms with E-state index in [4.69, 9.17) is 17.2 Å². The lowest BCUT2D eigenvalue weighted by Gasteiger charge is -2.24. The number of nitrogens with two attached hydrogens (primary N) is 3. The highest BCUT2D eigenvalue weighted by Gasteiger charge is 2.34. The average Bonchev–Trinajstić information content (AvgIpc) is 3.40. The zero-order valence-corrected chi connectivity index (χ0v) is 44.3. The summed E-state index contributed by atoms with van der Waals surface area (Å²) in [4.78, 5) is 157. The molecule has 30 heteroatoms. The number of benzene rings is 1. The second kappa shape index (κ2) is 31.8. The summed E-state index contributed by atoms with van der Waals surface area (Å²) in [5.74, 6) is -13.2. The van der Waals surface area contributed by atoms with E-state index in [0.717, 1.165) is 20.8 Å². The number of aromatic nitrogens is 4. The van der Waals surface area contributed by atoms with Crippen LogP contribution >= 0.6 is 0 Å². The van der Waals surface area contributed by atoms with Gasteiger partial charge in [0.1, 0.15) is 23.5 Å². The fourth-order valence-corrected chi connectivity index (χ4v) is 7.82. The van der Waals surface area contributed by atoms with Gasteiger partial charge in [-0.25, -0.2) is 30.0 Å². The molecule has 0 aliphatic rings. The molecule has 79 heavy (non-hydrogen) atoms. The van der Waals surface area contributed by atoms with Gasteiger partial charge in [-0.05, 0) is 75.6 Å². The molecule has 14 N–H and O–H groups in total. The lowest BCUT2D eigenvalue weighted by molar-refractivity contribution is -0.163. The van der Waals surface area contributed by atoms with Crippen molar-refractivity contribution in [2.24, 2.45) is 17.6 Å². The number of fused-ring (bicyclic) bond motifs is 1. The zero-order chi connectivity index (χ0) is 59.1. The topological polar surface area (TPSA) is 468 Å². The maximum atomic E-state index is 13.9. The molecule has 30 nitrogen and oxygen atoms in total. The quantitative estimate of drug-likeness (QED) is 0.0157. The van der Waals surface area contributed by atoms with Gasteiger partial charge in [0.25, 0.3) is 5.91 Å². The molecule has 0 aliphatic heterocycles. The Bertz CT molecular complexity index is 2680. The fraction of sp³-hybridized carbons (Fsp3) is 0.531. The maximum absolute atomic E-state index is 13.9. The standard InChI is InChI=1S/C49H70N14O16/c1-27(64)61(77)20-6-9-31(23-40(69)37(12-8-22-63(79)29(3)66)56-46(72)36(50)11-7-21-62(78)28(2)65)39(68)24-35(47(73)74)45(71)53-19-5-10-34(67)17-18-38(48(75)76)57-44(70)30-13-15-33(16-14-30)60(4)26-32-25-54-43-41(55-32)42(51)58-49(52)59-43/h13-16,25,31,35-38,77-79H,5-12,17-24,26,50H2,1-4H3,(H,53,71)(H,56,72)(H,57,70)(H,73,74)(H,75,76)(H4,51,52,54,58,59)/t31-,35+,36+,37+,38-/m1/s1. The van der Waals surface area contributed by atoms with E-state index in [2.05, 4.69) is 35.9 Å². The summed E-state index contributed by atoms with van der Waals surface area (Å²) >= 11 is 0. The van der Waals surface area contributed by atoms with E-state index in [1.54, 1.807) is 19.2 Å². The minimum Gasteiger partial charge on any atom is -0.481 e. The molecule has 0 radical (unpaired) electrons. The van der Waals surface area contributed by atoms with Crippen molar-refractivity contribution in [2.45, 2.75) is 122 Å². The van der Waals surface area contributed by atoms with Gasteiger partial charge in [0.05, 0.1) is 30.5 Å². The number of rotatable bonds is 35. The molecule has 3 aromatic rings. The third kappa shape index (κ3) is 21.9. The van der Waals surface area contributed by atoms with E-state index < -0.39 is 108 Å². The van der Waals surface area contributed by atoms with Gasteiger partial charge in [-0.1, -0.05) is 0 Å². The summed E-state index contributed by atoms with van der Waals surface area (Å²) in [6.07, 6.45) is -1.30. The fourth-order valence-electron chi connectivity index (χ4n) is 7.82. The first-order chi connectivity index (χ1) is 37.2. The van der Waals surface area contributed by atoms with Crippen LogP contribution in [0.15, 0.2) is 30.5 Å². The summed E-state index contributed by atoms with van der Waals surface area (Å²) in [6.45, 7) is 2.59. The first-order valence-corrected chi connectivity index (χ1v) is 25.1. The van der Waals surface area contributed by atoms with Crippen LogP contribution in [-0.4, -0.2) is 177 Å². The Kier molecular flexibility index (Phi) is 26.1. The number of carbonyl (C=O) groups excluding carboxylic acids is 9. The number of nitrogens with zero attached hydrogens (tertiary/aromatic N) is 8. The smallest absolute Gasteiger partial charge is 0.326 e. The molecular weight excluding hydrogens is 1040 g/mol. The van der Waals surface area contributed by atoms with Crippen molar-refractivity contribution in [3.8, 4) is 0 Å². The Morgan fingerprint density at radius 3 is 1.80 bits per heavy atom. The van der Waals surface area contributed by atoms with Crippen LogP contribution in [0.2, 0.25) is 0 Å². The van der Waals surface area contributed by atoms with Gasteiger partial charge in [-0.3, -0.25) is 63.6 Å². The Labute approximate surface area is 453 Å². The molecule has 5 atom stereocenters. The van der Waals surface area contributed by atoms with Crippen molar-refractivity contribution in [3.63, 3.8) is 0 Å². The summed E-state index contributed by atoms with van der Waals surface area (Å²) in [5, 5.41) is 57.8. The Balaban J connectivity index is 1.59. The van der Waals surface area contributed by atoms with Crippen LogP contribution in [0.25, 0.3) is 11.2 Å². The Morgan fingerprint density at radius 1 is 0.646 bits per heavy atom. The molecule has 0 spiro atoms. The molecule has 3 rings (SSSR count). The van der Waals surface area contributed by atoms with Crippen molar-refractivity contribution >= 4 is 93.3 Å². The van der Waals surface area contributed by atoms with E-state index in [0.29, 0.717) is 26.6 Å². The van der Waals surface area contributed by atoms with Crippen LogP contribution in [0.4, 0.5) is 17.5 Å². The summed E-state index contributed by atoms with van der Waals surface area (Å²) in [7, 11) is 1.77. The monoisotopic (exact) mass is 1110 g/mol. The molecule has 0 saturated heterocycles. The number of carboxylic acids is 2. The molecule has 0 bridgehead atoms. The van der Waals surface area contributed by atoms with Crippen LogP contribution < -0.4 is 38.1 Å². The molecular formula is C49H70N14O16. The largest absolute Gasteiger partial charge is 0.481 e. The minimum absolute atomic E-state index is 0.0265. The Morgan fingerprint density at radius 2 is 1.23 bits per heavy atom. The predicted molar refractivity (Wildman–Crippen MR) is 277 cm³/mol. The van der Waals surface area contributed by atoms with Crippen LogP contribution in [0.5, 0.6) is 0 Å². The van der Waals surface area contributed by atoms with Crippen molar-refractivity contribution in [3.05, 3.63) is 41.7 Å². The number of hydrogen-bond donors (Lipinski definition) is 11. The van der Waals surface area contributed by atoms with Crippen molar-refractivity contribution < 1.29 is 78.6 Å². The molecule has 1 aromatic carbocycles. The van der Waals surface area contributed by atoms with Gasteiger partial charge in [-0.2, -0.15) is 9.97 Å². The number of Topliss-reactive ketones (excluding diaryl/α,β-unsaturated/α-hetero) is 3. The molecule has 432 valence electrons. The van der Waals surface area contributed by atoms with Gasteiger partial charge in [0, 0.05) is 96.8 Å². The number of amides is 6. The molecule has 6 amide bonds. The van der Waals surface area contributed by atoms with Crippen LogP contribution in [-0.2, 0) is 54.5 Å². The SMILES string of the molecule is CC(=O)N(O)CCC[C@H](CC(=O)[C@H](CCCN(O)C(C)=O)NC(=O)[C@@H](N)CCCN(O)C(C)=O)C(=O)C[C@H](C(=O)O)C(=O)NCCCC(=O)CC[C@@H](NC(=O)c1ccc(N(C)Cc2cnc3nc(N)nc(N)c3n2)cc1)C(=O)O. The van der Waals surface area contributed by atoms with E-state index >= 15 is 0 Å². The number of hydroxylamine groups is 6. The Hall–Kier alpha value is -8.35. The van der Waals surface area contributed by atoms with Gasteiger partial charge >= 0.3 is 11.9 Å². The normalized spacial score (nSPS) is 12.9. The van der Waals surface area contributed by atoms with Crippen LogP contribution in [0, 0.1) is 11.8 Å². The highest BCUT2D eigenvalue weighted by atomic mass is 16.5. The molecule has 0 saturated carbocycles. The number of anilines is 3. The highest BCUT2D eigenvalue weighted by molar-refractivity contribution is 6.02. The first-order valence-electron chi connectivity index (χ1n) is 25.1. The number of carbonyl (C=O) groups is 11. The second-order valence-electron chi connectivity index (χ2n) is 18.7. The van der Waals surface area contributed by atoms with Gasteiger partial charge in [0.2, 0.25) is 35.5 Å². The number of carboxylic acid groups (broad SMARTS) is 2. The van der Waals surface area contributed by atoms with Gasteiger partial charge in [0.15, 0.2) is 22.8 Å². The number of hydrogen-bond acceptors (Lipinski definition) is 22. The average molecular weight is 1110 g/mol. The molecule has 2 heterocycles. The number of nitrogens with one attached hydrogen (secondary N) is 3. The lowest BCUT2D eigenvalue weighted by atomic mass is 9.85. The number of ketones is 3. The lowest BCUT2D eigenvalue weighted by Crippen LogP contribution is -2.49. The highest BCUT2D eigenvalue weighted by Crippen LogP contribution is 2.23. The van der Waals surface area contributed by atoms with Crippen molar-refractivity contribution in [2.75, 3.05) is 49.6 Å². The molecule has 0 fully saturated rings. The summed E-state index contributed by atoms with van der Waals surface area (Å²) in [5.41, 5.74) is 19.4. The summed E-state index contributed by atoms with van der Waals surface area (Å²) < 4.78 is 0. The third-order valence-electron chi connectivity index (χ3n) is 12.4. The van der Waals surface area contributed by atoms with E-state index in [-0.39, 0.29) is 125 Å². The van der Waals surface area contributed by atoms with Gasteiger partial charge in [-0.15, -0.1) is 0 Å². The first kappa shape index (κ1) is 64.9. The molecule has 0 unspecified atom stereocenters. The summed E-state index contributed by atoms with van der Waals surface area (Å²) in [6, 6.07) is 2.17. The zero-order valence-electron chi connectivity index (χ0n) is 44.3. The van der Waals surface area contributed by atoms with Crippen LogP contribution in [0.3, 0.4) is 0 Å². The van der Waals surface area contributed by atoms with E-state index in [1.165, 1.54) is 18.3 Å². The second-order valence-corrected chi connectivity index (χ2v) is 18.7. The molecule has 2 aromatic heterocycles. The molecule has 0 aliphatic carbocycles. The van der Waals surface area contributed by atoms with Crippen molar-refractivity contribution in [1.29, 1.82) is 0 Å². The number of aliphatic carboxylic acids is 2. The van der Waals surface area contributed by atoms with E-state index in [1.807, 2.05) is 4.90 Å². The van der Waals surface area contributed by atoms with Crippen molar-refractivity contribution in [1.82, 2.24) is 51.1 Å². The minimum atomic E-state index is -1.99.